The Labute approximate surface area is 102 Å². The van der Waals surface area contributed by atoms with E-state index in [1.165, 1.54) is 11.1 Å². The molecule has 0 aliphatic heterocycles. The number of carbonyl (C=O) groups excluding carboxylic acids is 1. The lowest BCUT2D eigenvalue weighted by molar-refractivity contribution is -0.134. The van der Waals surface area contributed by atoms with Gasteiger partial charge >= 0.3 is 5.97 Å². The summed E-state index contributed by atoms with van der Waals surface area (Å²) in [4.78, 5) is 11.2. The second kappa shape index (κ2) is 5.32. The molecule has 0 bridgehead atoms. The van der Waals surface area contributed by atoms with Crippen molar-refractivity contribution in [3.63, 3.8) is 0 Å². The number of esters is 1. The summed E-state index contributed by atoms with van der Waals surface area (Å²) in [7, 11) is 1.74. The monoisotopic (exact) mass is 234 g/mol. The van der Waals surface area contributed by atoms with Gasteiger partial charge in [0.15, 0.2) is 0 Å². The molecule has 3 nitrogen and oxygen atoms in total. The minimum Gasteiger partial charge on any atom is -0.427 e. The predicted molar refractivity (Wildman–Crippen MR) is 65.1 cm³/mol. The third-order valence-electron chi connectivity index (χ3n) is 3.18. The Bertz CT molecular complexity index is 412. The third kappa shape index (κ3) is 2.67. The molecule has 0 saturated heterocycles. The van der Waals surface area contributed by atoms with Gasteiger partial charge in [-0.25, -0.2) is 0 Å². The van der Waals surface area contributed by atoms with Crippen molar-refractivity contribution in [2.24, 2.45) is 0 Å². The van der Waals surface area contributed by atoms with Gasteiger partial charge < -0.3 is 9.47 Å². The maximum atomic E-state index is 11.2. The van der Waals surface area contributed by atoms with Crippen LogP contribution in [0.25, 0.3) is 0 Å². The lowest BCUT2D eigenvalue weighted by Gasteiger charge is -2.24. The first kappa shape index (κ1) is 12.1. The topological polar surface area (TPSA) is 35.5 Å². The van der Waals surface area contributed by atoms with Crippen molar-refractivity contribution < 1.29 is 14.3 Å². The Hall–Kier alpha value is -1.35. The fourth-order valence-corrected chi connectivity index (χ4v) is 2.26. The van der Waals surface area contributed by atoms with Crippen LogP contribution in [-0.4, -0.2) is 13.1 Å². The molecule has 1 aromatic rings. The Balaban J connectivity index is 2.21. The van der Waals surface area contributed by atoms with E-state index < -0.39 is 0 Å². The smallest absolute Gasteiger partial charge is 0.310 e. The fourth-order valence-electron chi connectivity index (χ4n) is 2.26. The van der Waals surface area contributed by atoms with Gasteiger partial charge in [0.05, 0.1) is 6.10 Å². The van der Waals surface area contributed by atoms with Crippen molar-refractivity contribution in [3.05, 3.63) is 29.3 Å². The molecule has 1 aliphatic rings. The van der Waals surface area contributed by atoms with E-state index in [0.717, 1.165) is 19.3 Å². The summed E-state index contributed by atoms with van der Waals surface area (Å²) in [5.74, 6) is 0.455. The number of hydrogen-bond donors (Lipinski definition) is 0. The zero-order valence-corrected chi connectivity index (χ0v) is 10.4. The molecule has 1 atom stereocenters. The lowest BCUT2D eigenvalue weighted by Crippen LogP contribution is -2.12. The second-order valence-corrected chi connectivity index (χ2v) is 4.30. The van der Waals surface area contributed by atoms with Crippen LogP contribution in [0.15, 0.2) is 18.2 Å². The van der Waals surface area contributed by atoms with Gasteiger partial charge in [-0.15, -0.1) is 0 Å². The summed E-state index contributed by atoms with van der Waals surface area (Å²) in [6.07, 6.45) is 3.81. The molecule has 0 fully saturated rings. The molecule has 17 heavy (non-hydrogen) atoms. The molecular formula is C14H18O3. The SMILES string of the molecule is CCC(=O)Oc1ccc2c(c1)CCCC2OC. The van der Waals surface area contributed by atoms with Crippen LogP contribution in [0.2, 0.25) is 0 Å². The van der Waals surface area contributed by atoms with Gasteiger partial charge in [-0.1, -0.05) is 13.0 Å². The van der Waals surface area contributed by atoms with Gasteiger partial charge in [-0.2, -0.15) is 0 Å². The molecule has 1 aliphatic carbocycles. The Morgan fingerprint density at radius 3 is 3.00 bits per heavy atom. The lowest BCUT2D eigenvalue weighted by atomic mass is 9.89. The fraction of sp³-hybridized carbons (Fsp3) is 0.500. The minimum atomic E-state index is -0.191. The largest absolute Gasteiger partial charge is 0.427 e. The van der Waals surface area contributed by atoms with E-state index in [0.29, 0.717) is 12.2 Å². The van der Waals surface area contributed by atoms with Crippen molar-refractivity contribution >= 4 is 5.97 Å². The van der Waals surface area contributed by atoms with Crippen molar-refractivity contribution in [3.8, 4) is 5.75 Å². The highest BCUT2D eigenvalue weighted by Gasteiger charge is 2.20. The van der Waals surface area contributed by atoms with Crippen LogP contribution < -0.4 is 4.74 Å². The number of aryl methyl sites for hydroxylation is 1. The molecule has 0 aromatic heterocycles. The Morgan fingerprint density at radius 2 is 2.29 bits per heavy atom. The van der Waals surface area contributed by atoms with Crippen LogP contribution in [0.1, 0.15) is 43.4 Å². The summed E-state index contributed by atoms with van der Waals surface area (Å²) >= 11 is 0. The van der Waals surface area contributed by atoms with Crippen LogP contribution in [0.4, 0.5) is 0 Å². The first-order valence-electron chi connectivity index (χ1n) is 6.11. The molecular weight excluding hydrogens is 216 g/mol. The number of ether oxygens (including phenoxy) is 2. The van der Waals surface area contributed by atoms with Gasteiger partial charge in [0.25, 0.3) is 0 Å². The number of fused-ring (bicyclic) bond motifs is 1. The predicted octanol–water partition coefficient (Wildman–Crippen LogP) is 3.03. The summed E-state index contributed by atoms with van der Waals surface area (Å²) in [6.45, 7) is 1.79. The van der Waals surface area contributed by atoms with Crippen LogP contribution in [0.5, 0.6) is 5.75 Å². The number of carbonyl (C=O) groups is 1. The molecule has 0 spiro atoms. The van der Waals surface area contributed by atoms with Crippen LogP contribution >= 0.6 is 0 Å². The van der Waals surface area contributed by atoms with E-state index in [4.69, 9.17) is 9.47 Å². The molecule has 2 rings (SSSR count). The van der Waals surface area contributed by atoms with Crippen molar-refractivity contribution in [2.45, 2.75) is 38.7 Å². The molecule has 0 radical (unpaired) electrons. The van der Waals surface area contributed by atoms with Crippen molar-refractivity contribution in [1.82, 2.24) is 0 Å². The number of methoxy groups -OCH3 is 1. The van der Waals surface area contributed by atoms with Gasteiger partial charge in [-0.05, 0) is 42.5 Å². The van der Waals surface area contributed by atoms with Crippen LogP contribution in [0, 0.1) is 0 Å². The average Bonchev–Trinajstić information content (AvgIpc) is 2.37. The summed E-state index contributed by atoms with van der Waals surface area (Å²) in [5, 5.41) is 0. The van der Waals surface area contributed by atoms with Gasteiger partial charge in [0, 0.05) is 13.5 Å². The third-order valence-corrected chi connectivity index (χ3v) is 3.18. The van der Waals surface area contributed by atoms with Gasteiger partial charge in [-0.3, -0.25) is 4.79 Å². The van der Waals surface area contributed by atoms with E-state index in [2.05, 4.69) is 0 Å². The molecule has 0 N–H and O–H groups in total. The van der Waals surface area contributed by atoms with Crippen LogP contribution in [0.3, 0.4) is 0 Å². The van der Waals surface area contributed by atoms with E-state index in [-0.39, 0.29) is 12.1 Å². The molecule has 1 aromatic carbocycles. The number of hydrogen-bond acceptors (Lipinski definition) is 3. The average molecular weight is 234 g/mol. The molecule has 0 amide bonds. The summed E-state index contributed by atoms with van der Waals surface area (Å²) < 4.78 is 10.7. The number of rotatable bonds is 3. The summed E-state index contributed by atoms with van der Waals surface area (Å²) in [6, 6.07) is 5.83. The maximum Gasteiger partial charge on any atom is 0.310 e. The second-order valence-electron chi connectivity index (χ2n) is 4.30. The zero-order valence-electron chi connectivity index (χ0n) is 10.4. The Morgan fingerprint density at radius 1 is 1.47 bits per heavy atom. The van der Waals surface area contributed by atoms with E-state index in [1.807, 2.05) is 18.2 Å². The highest BCUT2D eigenvalue weighted by Crippen LogP contribution is 2.34. The first-order chi connectivity index (χ1) is 8.24. The zero-order chi connectivity index (χ0) is 12.3. The molecule has 1 unspecified atom stereocenters. The van der Waals surface area contributed by atoms with Crippen LogP contribution in [-0.2, 0) is 16.0 Å². The minimum absolute atomic E-state index is 0.190. The van der Waals surface area contributed by atoms with E-state index in [9.17, 15) is 4.79 Å². The van der Waals surface area contributed by atoms with Gasteiger partial charge in [0.2, 0.25) is 0 Å². The highest BCUT2D eigenvalue weighted by atomic mass is 16.5. The van der Waals surface area contributed by atoms with E-state index >= 15 is 0 Å². The van der Waals surface area contributed by atoms with Gasteiger partial charge in [0.1, 0.15) is 5.75 Å². The number of benzene rings is 1. The first-order valence-corrected chi connectivity index (χ1v) is 6.11. The quantitative estimate of drug-likeness (QED) is 0.595. The molecule has 0 saturated carbocycles. The molecule has 0 heterocycles. The molecule has 3 heteroatoms. The van der Waals surface area contributed by atoms with E-state index in [1.54, 1.807) is 14.0 Å². The highest BCUT2D eigenvalue weighted by molar-refractivity contribution is 5.72. The van der Waals surface area contributed by atoms with Crippen molar-refractivity contribution in [1.29, 1.82) is 0 Å². The standard InChI is InChI=1S/C14H18O3/c1-3-14(15)17-11-7-8-12-10(9-11)5-4-6-13(12)16-2/h7-9,13H,3-6H2,1-2H3. The van der Waals surface area contributed by atoms with Crippen molar-refractivity contribution in [2.75, 3.05) is 7.11 Å². The Kier molecular flexibility index (Phi) is 3.79. The molecule has 92 valence electrons. The summed E-state index contributed by atoms with van der Waals surface area (Å²) in [5.41, 5.74) is 2.47. The normalized spacial score (nSPS) is 18.6. The maximum absolute atomic E-state index is 11.2.